The Morgan fingerprint density at radius 3 is 2.83 bits per heavy atom. The highest BCUT2D eigenvalue weighted by Crippen LogP contribution is 2.34. The molecule has 0 unspecified atom stereocenters. The largest absolute Gasteiger partial charge is 0.486 e. The second-order valence-corrected chi connectivity index (χ2v) is 9.31. The van der Waals surface area contributed by atoms with Crippen LogP contribution in [0.15, 0.2) is 45.5 Å². The van der Waals surface area contributed by atoms with Gasteiger partial charge in [-0.3, -0.25) is 19.3 Å². The van der Waals surface area contributed by atoms with Gasteiger partial charge in [-0.05, 0) is 47.5 Å². The van der Waals surface area contributed by atoms with Crippen LogP contribution in [0.2, 0.25) is 0 Å². The Balaban J connectivity index is 1.23. The summed E-state index contributed by atoms with van der Waals surface area (Å²) in [6.45, 7) is 1.41. The Morgan fingerprint density at radius 1 is 1.20 bits per heavy atom. The average molecular weight is 463 g/mol. The third-order valence-corrected chi connectivity index (χ3v) is 6.95. The molecule has 156 valence electrons. The maximum Gasteiger partial charge on any atom is 0.293 e. The molecule has 10 heteroatoms. The number of fused-ring (bicyclic) bond motifs is 1. The minimum Gasteiger partial charge on any atom is -0.486 e. The van der Waals surface area contributed by atoms with Crippen molar-refractivity contribution in [2.45, 2.75) is 4.90 Å². The minimum atomic E-state index is -0.321. The van der Waals surface area contributed by atoms with Crippen molar-refractivity contribution in [2.24, 2.45) is 0 Å². The summed E-state index contributed by atoms with van der Waals surface area (Å²) in [5, 5.41) is 4.35. The molecule has 1 fully saturated rings. The van der Waals surface area contributed by atoms with E-state index in [0.29, 0.717) is 29.6 Å². The fourth-order valence-electron chi connectivity index (χ4n) is 2.82. The van der Waals surface area contributed by atoms with Crippen molar-refractivity contribution in [2.75, 3.05) is 32.1 Å². The van der Waals surface area contributed by atoms with Crippen LogP contribution < -0.4 is 14.8 Å². The molecular formula is C20H18N2O5S3. The highest BCUT2D eigenvalue weighted by molar-refractivity contribution is 8.18. The van der Waals surface area contributed by atoms with Gasteiger partial charge in [0.25, 0.3) is 11.1 Å². The fourth-order valence-corrected chi connectivity index (χ4v) is 5.16. The van der Waals surface area contributed by atoms with E-state index in [9.17, 15) is 14.4 Å². The third kappa shape index (κ3) is 5.00. The highest BCUT2D eigenvalue weighted by Gasteiger charge is 2.34. The number of ether oxygens (including phenoxy) is 2. The number of hydrogen-bond donors (Lipinski definition) is 1. The molecule has 2 aliphatic heterocycles. The molecule has 4 rings (SSSR count). The lowest BCUT2D eigenvalue weighted by atomic mass is 10.3. The SMILES string of the molecule is O=C(CSc1ccc2c(c1)OCCO2)NCCN1C(=O)S/C(=C\c2cccs2)C1=O. The Kier molecular flexibility index (Phi) is 6.66. The number of imide groups is 1. The van der Waals surface area contributed by atoms with Crippen LogP contribution in [0.25, 0.3) is 6.08 Å². The van der Waals surface area contributed by atoms with Gasteiger partial charge in [0.15, 0.2) is 11.5 Å². The van der Waals surface area contributed by atoms with Crippen molar-refractivity contribution < 1.29 is 23.9 Å². The maximum absolute atomic E-state index is 12.4. The summed E-state index contributed by atoms with van der Waals surface area (Å²) in [6, 6.07) is 9.34. The van der Waals surface area contributed by atoms with E-state index in [4.69, 9.17) is 9.47 Å². The predicted molar refractivity (Wildman–Crippen MR) is 118 cm³/mol. The first-order valence-corrected chi connectivity index (χ1v) is 11.9. The van der Waals surface area contributed by atoms with E-state index in [1.807, 2.05) is 35.7 Å². The predicted octanol–water partition coefficient (Wildman–Crippen LogP) is 3.46. The number of nitrogens with zero attached hydrogens (tertiary/aromatic N) is 1. The summed E-state index contributed by atoms with van der Waals surface area (Å²) in [5.41, 5.74) is 0. The number of amides is 3. The molecule has 1 saturated heterocycles. The molecule has 1 N–H and O–H groups in total. The van der Waals surface area contributed by atoms with E-state index in [-0.39, 0.29) is 35.9 Å². The van der Waals surface area contributed by atoms with Crippen LogP contribution in [-0.4, -0.2) is 54.0 Å². The Morgan fingerprint density at radius 2 is 2.03 bits per heavy atom. The van der Waals surface area contributed by atoms with Crippen molar-refractivity contribution in [1.82, 2.24) is 10.2 Å². The summed E-state index contributed by atoms with van der Waals surface area (Å²) in [5.74, 6) is 1.12. The maximum atomic E-state index is 12.4. The quantitative estimate of drug-likeness (QED) is 0.498. The number of nitrogens with one attached hydrogen (secondary N) is 1. The van der Waals surface area contributed by atoms with Crippen LogP contribution >= 0.6 is 34.9 Å². The molecule has 3 amide bonds. The summed E-state index contributed by atoms with van der Waals surface area (Å²) in [7, 11) is 0. The first-order chi connectivity index (χ1) is 14.6. The van der Waals surface area contributed by atoms with E-state index in [2.05, 4.69) is 5.32 Å². The summed E-state index contributed by atoms with van der Waals surface area (Å²) in [6.07, 6.45) is 1.72. The van der Waals surface area contributed by atoms with Gasteiger partial charge in [0, 0.05) is 22.9 Å². The number of hydrogen-bond acceptors (Lipinski definition) is 8. The van der Waals surface area contributed by atoms with Gasteiger partial charge in [0.2, 0.25) is 5.91 Å². The van der Waals surface area contributed by atoms with Gasteiger partial charge in [0.1, 0.15) is 13.2 Å². The standard InChI is InChI=1S/C20H18N2O5S3/c23-18(12-29-14-3-4-15-16(10-14)27-8-7-26-15)21-5-6-22-19(24)17(30-20(22)25)11-13-2-1-9-28-13/h1-4,9-11H,5-8,12H2,(H,21,23)/b17-11-. The molecule has 0 radical (unpaired) electrons. The average Bonchev–Trinajstić information content (AvgIpc) is 3.36. The van der Waals surface area contributed by atoms with E-state index in [1.165, 1.54) is 28.0 Å². The lowest BCUT2D eigenvalue weighted by Crippen LogP contribution is -2.37. The molecule has 30 heavy (non-hydrogen) atoms. The van der Waals surface area contributed by atoms with Gasteiger partial charge in [0.05, 0.1) is 10.7 Å². The second kappa shape index (κ2) is 9.59. The minimum absolute atomic E-state index is 0.146. The number of rotatable bonds is 7. The van der Waals surface area contributed by atoms with Gasteiger partial charge in [-0.1, -0.05) is 6.07 Å². The van der Waals surface area contributed by atoms with Crippen LogP contribution in [0.5, 0.6) is 11.5 Å². The molecule has 1 aromatic carbocycles. The van der Waals surface area contributed by atoms with Gasteiger partial charge in [-0.25, -0.2) is 0 Å². The van der Waals surface area contributed by atoms with Gasteiger partial charge in [-0.2, -0.15) is 0 Å². The molecule has 0 aliphatic carbocycles. The van der Waals surface area contributed by atoms with Crippen LogP contribution in [-0.2, 0) is 9.59 Å². The van der Waals surface area contributed by atoms with E-state index < -0.39 is 0 Å². The lowest BCUT2D eigenvalue weighted by Gasteiger charge is -2.18. The van der Waals surface area contributed by atoms with Crippen molar-refractivity contribution in [3.8, 4) is 11.5 Å². The van der Waals surface area contributed by atoms with Gasteiger partial charge >= 0.3 is 0 Å². The molecule has 0 saturated carbocycles. The summed E-state index contributed by atoms with van der Waals surface area (Å²) < 4.78 is 11.0. The van der Waals surface area contributed by atoms with Crippen molar-refractivity contribution in [1.29, 1.82) is 0 Å². The van der Waals surface area contributed by atoms with E-state index in [1.54, 1.807) is 6.08 Å². The van der Waals surface area contributed by atoms with E-state index >= 15 is 0 Å². The summed E-state index contributed by atoms with van der Waals surface area (Å²) in [4.78, 5) is 40.1. The zero-order valence-corrected chi connectivity index (χ0v) is 18.2. The Hall–Kier alpha value is -2.43. The van der Waals surface area contributed by atoms with Crippen molar-refractivity contribution >= 4 is 58.0 Å². The van der Waals surface area contributed by atoms with Crippen molar-refractivity contribution in [3.63, 3.8) is 0 Å². The van der Waals surface area contributed by atoms with Crippen LogP contribution in [0.1, 0.15) is 4.88 Å². The Bertz CT molecular complexity index is 990. The van der Waals surface area contributed by atoms with Crippen LogP contribution in [0.4, 0.5) is 4.79 Å². The van der Waals surface area contributed by atoms with Crippen molar-refractivity contribution in [3.05, 3.63) is 45.5 Å². The number of thiophene rings is 1. The number of carbonyl (C=O) groups excluding carboxylic acids is 3. The molecule has 2 aliphatic rings. The number of thioether (sulfide) groups is 2. The number of carbonyl (C=O) groups is 3. The topological polar surface area (TPSA) is 84.9 Å². The molecule has 7 nitrogen and oxygen atoms in total. The molecular weight excluding hydrogens is 444 g/mol. The molecule has 0 spiro atoms. The first kappa shape index (κ1) is 20.8. The zero-order valence-electron chi connectivity index (χ0n) is 15.8. The van der Waals surface area contributed by atoms with Crippen LogP contribution in [0, 0.1) is 0 Å². The molecule has 2 aromatic rings. The smallest absolute Gasteiger partial charge is 0.293 e. The van der Waals surface area contributed by atoms with Gasteiger partial charge in [-0.15, -0.1) is 23.1 Å². The summed E-state index contributed by atoms with van der Waals surface area (Å²) >= 11 is 3.81. The normalized spacial score (nSPS) is 16.9. The second-order valence-electron chi connectivity index (χ2n) is 6.29. The highest BCUT2D eigenvalue weighted by atomic mass is 32.2. The number of benzene rings is 1. The zero-order chi connectivity index (χ0) is 20.9. The van der Waals surface area contributed by atoms with E-state index in [0.717, 1.165) is 21.5 Å². The molecule has 0 atom stereocenters. The first-order valence-electron chi connectivity index (χ1n) is 9.18. The monoisotopic (exact) mass is 462 g/mol. The lowest BCUT2D eigenvalue weighted by molar-refractivity contribution is -0.123. The Labute approximate surface area is 185 Å². The molecule has 1 aromatic heterocycles. The third-order valence-electron chi connectivity index (χ3n) is 4.23. The molecule has 3 heterocycles. The molecule has 0 bridgehead atoms. The fraction of sp³-hybridized carbons (Fsp3) is 0.250. The van der Waals surface area contributed by atoms with Gasteiger partial charge < -0.3 is 14.8 Å². The van der Waals surface area contributed by atoms with Crippen LogP contribution in [0.3, 0.4) is 0 Å².